The molecule has 1 unspecified atom stereocenters. The molecule has 0 saturated carbocycles. The molecule has 0 radical (unpaired) electrons. The van der Waals surface area contributed by atoms with E-state index >= 15 is 0 Å². The predicted octanol–water partition coefficient (Wildman–Crippen LogP) is 2.62. The first-order valence-corrected chi connectivity index (χ1v) is 7.60. The maximum atomic E-state index is 11.7. The van der Waals surface area contributed by atoms with Gasteiger partial charge in [-0.15, -0.1) is 0 Å². The maximum Gasteiger partial charge on any atom is 0.409 e. The van der Waals surface area contributed by atoms with Gasteiger partial charge in [-0.3, -0.25) is 4.90 Å². The molecule has 1 aromatic carbocycles. The van der Waals surface area contributed by atoms with Crippen molar-refractivity contribution in [3.05, 3.63) is 29.8 Å². The van der Waals surface area contributed by atoms with Gasteiger partial charge in [0.15, 0.2) is 0 Å². The average molecular weight is 292 g/mol. The van der Waals surface area contributed by atoms with Crippen molar-refractivity contribution >= 4 is 6.09 Å². The van der Waals surface area contributed by atoms with Crippen LogP contribution in [-0.4, -0.2) is 53.8 Å². The van der Waals surface area contributed by atoms with Crippen LogP contribution in [0.15, 0.2) is 24.3 Å². The number of hydrogen-bond acceptors (Lipinski definition) is 4. The van der Waals surface area contributed by atoms with Crippen molar-refractivity contribution in [1.29, 1.82) is 0 Å². The molecule has 1 N–H and O–H groups in total. The van der Waals surface area contributed by atoms with Gasteiger partial charge in [-0.25, -0.2) is 4.79 Å². The first-order valence-electron chi connectivity index (χ1n) is 7.60. The number of hydrogen-bond donors (Lipinski definition) is 1. The molecule has 21 heavy (non-hydrogen) atoms. The van der Waals surface area contributed by atoms with Crippen molar-refractivity contribution in [2.45, 2.75) is 26.3 Å². The molecule has 5 nitrogen and oxygen atoms in total. The SMILES string of the molecule is CCOC(=O)N1CCN(C(CC)c2ccc(O)cc2)CC1. The molecular weight excluding hydrogens is 268 g/mol. The van der Waals surface area contributed by atoms with Crippen molar-refractivity contribution in [1.82, 2.24) is 9.80 Å². The van der Waals surface area contributed by atoms with Crippen LogP contribution in [0.1, 0.15) is 31.9 Å². The van der Waals surface area contributed by atoms with Crippen LogP contribution in [0.4, 0.5) is 4.79 Å². The van der Waals surface area contributed by atoms with Crippen molar-refractivity contribution in [2.75, 3.05) is 32.8 Å². The largest absolute Gasteiger partial charge is 0.508 e. The second-order valence-electron chi connectivity index (χ2n) is 5.24. The Bertz CT molecular complexity index is 453. The quantitative estimate of drug-likeness (QED) is 0.927. The van der Waals surface area contributed by atoms with E-state index in [4.69, 9.17) is 4.74 Å². The Balaban J connectivity index is 1.96. The smallest absolute Gasteiger partial charge is 0.409 e. The maximum absolute atomic E-state index is 11.7. The zero-order chi connectivity index (χ0) is 15.2. The second kappa shape index (κ2) is 7.31. The van der Waals surface area contributed by atoms with Gasteiger partial charge in [-0.2, -0.15) is 0 Å². The minimum absolute atomic E-state index is 0.213. The number of aromatic hydroxyl groups is 1. The molecule has 0 bridgehead atoms. The summed E-state index contributed by atoms with van der Waals surface area (Å²) in [6, 6.07) is 7.73. The van der Waals surface area contributed by atoms with Gasteiger partial charge in [0.1, 0.15) is 5.75 Å². The van der Waals surface area contributed by atoms with E-state index in [1.165, 1.54) is 5.56 Å². The average Bonchev–Trinajstić information content (AvgIpc) is 2.51. The summed E-state index contributed by atoms with van der Waals surface area (Å²) < 4.78 is 5.04. The van der Waals surface area contributed by atoms with Gasteiger partial charge in [-0.05, 0) is 31.0 Å². The normalized spacial score (nSPS) is 17.5. The van der Waals surface area contributed by atoms with E-state index in [1.54, 1.807) is 17.0 Å². The molecule has 1 saturated heterocycles. The Kier molecular flexibility index (Phi) is 5.44. The van der Waals surface area contributed by atoms with Gasteiger partial charge in [0.25, 0.3) is 0 Å². The lowest BCUT2D eigenvalue weighted by atomic mass is 10.0. The lowest BCUT2D eigenvalue weighted by molar-refractivity contribution is 0.0650. The van der Waals surface area contributed by atoms with Gasteiger partial charge >= 0.3 is 6.09 Å². The minimum atomic E-state index is -0.213. The number of benzene rings is 1. The molecule has 5 heteroatoms. The zero-order valence-corrected chi connectivity index (χ0v) is 12.8. The van der Waals surface area contributed by atoms with Crippen molar-refractivity contribution < 1.29 is 14.6 Å². The van der Waals surface area contributed by atoms with E-state index < -0.39 is 0 Å². The Hall–Kier alpha value is -1.75. The molecular formula is C16H24N2O3. The summed E-state index contributed by atoms with van der Waals surface area (Å²) in [7, 11) is 0. The van der Waals surface area contributed by atoms with Crippen LogP contribution in [0.25, 0.3) is 0 Å². The molecule has 0 spiro atoms. The molecule has 1 aliphatic heterocycles. The van der Waals surface area contributed by atoms with Gasteiger partial charge in [0.2, 0.25) is 0 Å². The summed E-state index contributed by atoms with van der Waals surface area (Å²) >= 11 is 0. The molecule has 0 aromatic heterocycles. The van der Waals surface area contributed by atoms with Crippen LogP contribution in [0.2, 0.25) is 0 Å². The number of piperazine rings is 1. The Labute approximate surface area is 126 Å². The van der Waals surface area contributed by atoms with Gasteiger partial charge < -0.3 is 14.7 Å². The second-order valence-corrected chi connectivity index (χ2v) is 5.24. The highest BCUT2D eigenvalue weighted by atomic mass is 16.6. The van der Waals surface area contributed by atoms with E-state index in [-0.39, 0.29) is 6.09 Å². The third-order valence-corrected chi connectivity index (χ3v) is 3.95. The number of carbonyl (C=O) groups excluding carboxylic acids is 1. The lowest BCUT2D eigenvalue weighted by Crippen LogP contribution is -2.49. The van der Waals surface area contributed by atoms with Crippen LogP contribution < -0.4 is 0 Å². The zero-order valence-electron chi connectivity index (χ0n) is 12.8. The minimum Gasteiger partial charge on any atom is -0.508 e. The number of phenols is 1. The fourth-order valence-corrected chi connectivity index (χ4v) is 2.83. The Morgan fingerprint density at radius 3 is 2.33 bits per heavy atom. The van der Waals surface area contributed by atoms with Gasteiger partial charge in [0, 0.05) is 32.2 Å². The van der Waals surface area contributed by atoms with Crippen LogP contribution in [-0.2, 0) is 4.74 Å². The Morgan fingerprint density at radius 2 is 1.81 bits per heavy atom. The number of ether oxygens (including phenoxy) is 1. The molecule has 1 atom stereocenters. The van der Waals surface area contributed by atoms with Crippen molar-refractivity contribution in [3.63, 3.8) is 0 Å². The molecule has 1 heterocycles. The summed E-state index contributed by atoms with van der Waals surface area (Å²) in [5, 5.41) is 9.40. The number of phenolic OH excluding ortho intramolecular Hbond substituents is 1. The molecule has 0 aliphatic carbocycles. The highest BCUT2D eigenvalue weighted by Crippen LogP contribution is 2.26. The first kappa shape index (κ1) is 15.6. The van der Waals surface area contributed by atoms with Crippen LogP contribution in [0.5, 0.6) is 5.75 Å². The standard InChI is InChI=1S/C16H24N2O3/c1-3-15(13-5-7-14(19)8-6-13)17-9-11-18(12-10-17)16(20)21-4-2/h5-8,15,19H,3-4,9-12H2,1-2H3. The number of rotatable bonds is 4. The van der Waals surface area contributed by atoms with E-state index in [0.29, 0.717) is 31.5 Å². The molecule has 1 fully saturated rings. The van der Waals surface area contributed by atoms with E-state index in [0.717, 1.165) is 19.5 Å². The highest BCUT2D eigenvalue weighted by molar-refractivity contribution is 5.67. The Morgan fingerprint density at radius 1 is 1.19 bits per heavy atom. The number of amides is 1. The predicted molar refractivity (Wildman–Crippen MR) is 81.3 cm³/mol. The summed E-state index contributed by atoms with van der Waals surface area (Å²) in [5.41, 5.74) is 1.21. The van der Waals surface area contributed by atoms with E-state index in [9.17, 15) is 9.90 Å². The summed E-state index contributed by atoms with van der Waals surface area (Å²) in [4.78, 5) is 15.9. The highest BCUT2D eigenvalue weighted by Gasteiger charge is 2.26. The van der Waals surface area contributed by atoms with Gasteiger partial charge in [-0.1, -0.05) is 19.1 Å². The molecule has 1 aromatic rings. The topological polar surface area (TPSA) is 53.0 Å². The van der Waals surface area contributed by atoms with E-state index in [2.05, 4.69) is 11.8 Å². The summed E-state index contributed by atoms with van der Waals surface area (Å²) in [6.07, 6.45) is 0.791. The molecule has 2 rings (SSSR count). The third kappa shape index (κ3) is 3.88. The van der Waals surface area contributed by atoms with Crippen molar-refractivity contribution in [2.24, 2.45) is 0 Å². The third-order valence-electron chi connectivity index (χ3n) is 3.95. The van der Waals surface area contributed by atoms with Crippen LogP contribution >= 0.6 is 0 Å². The summed E-state index contributed by atoms with van der Waals surface area (Å²) in [5.74, 6) is 0.292. The van der Waals surface area contributed by atoms with Crippen molar-refractivity contribution in [3.8, 4) is 5.75 Å². The summed E-state index contributed by atoms with van der Waals surface area (Å²) in [6.45, 7) is 7.50. The van der Waals surface area contributed by atoms with Gasteiger partial charge in [0.05, 0.1) is 6.61 Å². The van der Waals surface area contributed by atoms with Crippen LogP contribution in [0, 0.1) is 0 Å². The molecule has 1 aliphatic rings. The fraction of sp³-hybridized carbons (Fsp3) is 0.562. The first-order chi connectivity index (χ1) is 10.2. The number of carbonyl (C=O) groups is 1. The fourth-order valence-electron chi connectivity index (χ4n) is 2.83. The van der Waals surface area contributed by atoms with Crippen LogP contribution in [0.3, 0.4) is 0 Å². The lowest BCUT2D eigenvalue weighted by Gasteiger charge is -2.38. The van der Waals surface area contributed by atoms with E-state index in [1.807, 2.05) is 19.1 Å². The number of nitrogens with zero attached hydrogens (tertiary/aromatic N) is 2. The monoisotopic (exact) mass is 292 g/mol. The molecule has 1 amide bonds. The molecule has 116 valence electrons.